The molecular formula is C18H15FN4O2. The Hall–Kier alpha value is -3.66. The fourth-order valence-corrected chi connectivity index (χ4v) is 1.89. The van der Waals surface area contributed by atoms with Gasteiger partial charge in [-0.2, -0.15) is 5.26 Å². The van der Waals surface area contributed by atoms with Gasteiger partial charge in [0.05, 0.1) is 0 Å². The summed E-state index contributed by atoms with van der Waals surface area (Å²) in [6.07, 6.45) is 1.27. The number of halogens is 1. The van der Waals surface area contributed by atoms with Crippen LogP contribution < -0.4 is 16.0 Å². The Bertz CT molecular complexity index is 837. The van der Waals surface area contributed by atoms with Gasteiger partial charge in [-0.05, 0) is 48.5 Å². The van der Waals surface area contributed by atoms with Crippen LogP contribution in [0, 0.1) is 17.1 Å². The lowest BCUT2D eigenvalue weighted by Crippen LogP contribution is -2.14. The van der Waals surface area contributed by atoms with Crippen molar-refractivity contribution in [2.75, 3.05) is 16.0 Å². The molecule has 0 aliphatic rings. The number of rotatable bonds is 5. The molecule has 6 nitrogen and oxygen atoms in total. The van der Waals surface area contributed by atoms with E-state index < -0.39 is 11.7 Å². The molecule has 2 rings (SSSR count). The monoisotopic (exact) mass is 338 g/mol. The minimum atomic E-state index is -0.614. The van der Waals surface area contributed by atoms with Crippen molar-refractivity contribution in [2.45, 2.75) is 6.92 Å². The molecule has 0 atom stereocenters. The highest BCUT2D eigenvalue weighted by molar-refractivity contribution is 6.06. The van der Waals surface area contributed by atoms with E-state index in [0.717, 1.165) is 0 Å². The molecule has 2 aromatic rings. The zero-order chi connectivity index (χ0) is 18.2. The van der Waals surface area contributed by atoms with E-state index in [4.69, 9.17) is 5.26 Å². The van der Waals surface area contributed by atoms with Crippen LogP contribution in [-0.2, 0) is 9.59 Å². The minimum Gasteiger partial charge on any atom is -0.360 e. The third-order valence-corrected chi connectivity index (χ3v) is 3.06. The minimum absolute atomic E-state index is 0.143. The molecule has 0 aromatic heterocycles. The molecule has 0 heterocycles. The highest BCUT2D eigenvalue weighted by Gasteiger charge is 2.09. The summed E-state index contributed by atoms with van der Waals surface area (Å²) in [5.41, 5.74) is 1.51. The van der Waals surface area contributed by atoms with E-state index in [2.05, 4.69) is 16.0 Å². The Morgan fingerprint density at radius 1 is 0.960 bits per heavy atom. The van der Waals surface area contributed by atoms with Crippen LogP contribution in [0.2, 0.25) is 0 Å². The smallest absolute Gasteiger partial charge is 0.267 e. The van der Waals surface area contributed by atoms with Crippen LogP contribution >= 0.6 is 0 Å². The lowest BCUT2D eigenvalue weighted by Gasteiger charge is -2.06. The number of amides is 2. The van der Waals surface area contributed by atoms with Crippen molar-refractivity contribution in [1.82, 2.24) is 0 Å². The van der Waals surface area contributed by atoms with Gasteiger partial charge in [-0.3, -0.25) is 9.59 Å². The van der Waals surface area contributed by atoms with Crippen molar-refractivity contribution in [2.24, 2.45) is 0 Å². The van der Waals surface area contributed by atoms with Gasteiger partial charge in [0.1, 0.15) is 17.5 Å². The van der Waals surface area contributed by atoms with Crippen LogP contribution in [0.3, 0.4) is 0 Å². The van der Waals surface area contributed by atoms with Gasteiger partial charge in [-0.1, -0.05) is 0 Å². The van der Waals surface area contributed by atoms with Gasteiger partial charge >= 0.3 is 0 Å². The number of nitrogens with zero attached hydrogens (tertiary/aromatic N) is 1. The van der Waals surface area contributed by atoms with Crippen LogP contribution in [0.25, 0.3) is 0 Å². The maximum atomic E-state index is 12.8. The Balaban J connectivity index is 2.01. The zero-order valence-electron chi connectivity index (χ0n) is 13.3. The van der Waals surface area contributed by atoms with Crippen molar-refractivity contribution in [3.05, 3.63) is 66.1 Å². The summed E-state index contributed by atoms with van der Waals surface area (Å²) < 4.78 is 12.8. The van der Waals surface area contributed by atoms with E-state index >= 15 is 0 Å². The number of carbonyl (C=O) groups excluding carboxylic acids is 2. The van der Waals surface area contributed by atoms with Crippen molar-refractivity contribution in [3.63, 3.8) is 0 Å². The molecule has 0 radical (unpaired) electrons. The number of hydrogen-bond acceptors (Lipinski definition) is 4. The largest absolute Gasteiger partial charge is 0.360 e. The van der Waals surface area contributed by atoms with E-state index in [0.29, 0.717) is 17.1 Å². The van der Waals surface area contributed by atoms with Crippen LogP contribution in [-0.4, -0.2) is 11.8 Å². The Morgan fingerprint density at radius 2 is 1.48 bits per heavy atom. The second-order valence-electron chi connectivity index (χ2n) is 5.03. The first-order chi connectivity index (χ1) is 12.0. The lowest BCUT2D eigenvalue weighted by atomic mass is 10.2. The lowest BCUT2D eigenvalue weighted by molar-refractivity contribution is -0.114. The fourth-order valence-electron chi connectivity index (χ4n) is 1.89. The SMILES string of the molecule is CC(=O)Nc1ccc(N/C=C(/C#N)C(=O)Nc2ccc(F)cc2)cc1. The molecule has 0 unspecified atom stereocenters. The van der Waals surface area contributed by atoms with Gasteiger partial charge in [0.15, 0.2) is 0 Å². The highest BCUT2D eigenvalue weighted by atomic mass is 19.1. The van der Waals surface area contributed by atoms with Gasteiger partial charge in [0, 0.05) is 30.2 Å². The normalized spacial score (nSPS) is 10.5. The second-order valence-corrected chi connectivity index (χ2v) is 5.03. The third-order valence-electron chi connectivity index (χ3n) is 3.06. The number of nitrogens with one attached hydrogen (secondary N) is 3. The van der Waals surface area contributed by atoms with E-state index in [1.54, 1.807) is 30.3 Å². The predicted molar refractivity (Wildman–Crippen MR) is 93.1 cm³/mol. The quantitative estimate of drug-likeness (QED) is 0.576. The van der Waals surface area contributed by atoms with Gasteiger partial charge in [-0.15, -0.1) is 0 Å². The average molecular weight is 338 g/mol. The average Bonchev–Trinajstić information content (AvgIpc) is 2.58. The van der Waals surface area contributed by atoms with Crippen LogP contribution in [0.5, 0.6) is 0 Å². The van der Waals surface area contributed by atoms with Crippen LogP contribution in [0.15, 0.2) is 60.3 Å². The molecule has 7 heteroatoms. The zero-order valence-corrected chi connectivity index (χ0v) is 13.3. The van der Waals surface area contributed by atoms with E-state index in [9.17, 15) is 14.0 Å². The van der Waals surface area contributed by atoms with Crippen molar-refractivity contribution in [1.29, 1.82) is 5.26 Å². The summed E-state index contributed by atoms with van der Waals surface area (Å²) in [6.45, 7) is 1.41. The Labute approximate surface area is 144 Å². The summed E-state index contributed by atoms with van der Waals surface area (Å²) in [7, 11) is 0. The summed E-state index contributed by atoms with van der Waals surface area (Å²) in [6, 6.07) is 13.8. The van der Waals surface area contributed by atoms with Gasteiger partial charge < -0.3 is 16.0 Å². The summed E-state index contributed by atoms with van der Waals surface area (Å²) >= 11 is 0. The molecule has 0 bridgehead atoms. The number of nitriles is 1. The maximum absolute atomic E-state index is 12.8. The first kappa shape index (κ1) is 17.7. The number of benzene rings is 2. The summed E-state index contributed by atoms with van der Waals surface area (Å²) in [4.78, 5) is 23.0. The number of hydrogen-bond donors (Lipinski definition) is 3. The van der Waals surface area contributed by atoms with Crippen molar-refractivity contribution >= 4 is 28.9 Å². The summed E-state index contributed by atoms with van der Waals surface area (Å²) in [5.74, 6) is -1.21. The number of carbonyl (C=O) groups is 2. The second kappa shape index (κ2) is 8.26. The van der Waals surface area contributed by atoms with Crippen molar-refractivity contribution in [3.8, 4) is 6.07 Å². The molecule has 3 N–H and O–H groups in total. The number of anilines is 3. The topological polar surface area (TPSA) is 94.0 Å². The molecule has 126 valence electrons. The fraction of sp³-hybridized carbons (Fsp3) is 0.0556. The first-order valence-corrected chi connectivity index (χ1v) is 7.29. The van der Waals surface area contributed by atoms with E-state index in [1.807, 2.05) is 0 Å². The highest BCUT2D eigenvalue weighted by Crippen LogP contribution is 2.14. The molecule has 0 aliphatic heterocycles. The molecule has 0 fully saturated rings. The van der Waals surface area contributed by atoms with Crippen LogP contribution in [0.1, 0.15) is 6.92 Å². The molecule has 25 heavy (non-hydrogen) atoms. The molecule has 0 spiro atoms. The van der Waals surface area contributed by atoms with Crippen molar-refractivity contribution < 1.29 is 14.0 Å². The van der Waals surface area contributed by atoms with Gasteiger partial charge in [0.2, 0.25) is 5.91 Å². The molecule has 0 saturated carbocycles. The maximum Gasteiger partial charge on any atom is 0.267 e. The Kier molecular flexibility index (Phi) is 5.85. The van der Waals surface area contributed by atoms with E-state index in [1.165, 1.54) is 37.4 Å². The molecule has 2 aromatic carbocycles. The third kappa shape index (κ3) is 5.48. The first-order valence-electron chi connectivity index (χ1n) is 7.29. The predicted octanol–water partition coefficient (Wildman–Crippen LogP) is 3.24. The van der Waals surface area contributed by atoms with E-state index in [-0.39, 0.29) is 11.5 Å². The molecular weight excluding hydrogens is 323 g/mol. The Morgan fingerprint density at radius 3 is 2.04 bits per heavy atom. The van der Waals surface area contributed by atoms with Crippen LogP contribution in [0.4, 0.5) is 21.5 Å². The summed E-state index contributed by atoms with van der Waals surface area (Å²) in [5, 5.41) is 17.1. The van der Waals surface area contributed by atoms with Gasteiger partial charge in [-0.25, -0.2) is 4.39 Å². The molecule has 0 aliphatic carbocycles. The molecule has 0 saturated heterocycles. The standard InChI is InChI=1S/C18H15FN4O2/c1-12(24)22-16-8-6-15(7-9-16)21-11-13(10-20)18(25)23-17-4-2-14(19)3-5-17/h2-9,11,21H,1H3,(H,22,24)(H,23,25)/b13-11-. The van der Waals surface area contributed by atoms with Gasteiger partial charge in [0.25, 0.3) is 5.91 Å². The molecule has 2 amide bonds.